The van der Waals surface area contributed by atoms with Gasteiger partial charge in [0, 0.05) is 5.69 Å². The lowest BCUT2D eigenvalue weighted by Gasteiger charge is -2.18. The lowest BCUT2D eigenvalue weighted by Crippen LogP contribution is -2.25. The van der Waals surface area contributed by atoms with Crippen molar-refractivity contribution in [2.45, 2.75) is 6.18 Å². The second-order valence-corrected chi connectivity index (χ2v) is 5.41. The van der Waals surface area contributed by atoms with Crippen LogP contribution in [0, 0.1) is 0 Å². The molecule has 0 unspecified atom stereocenters. The highest BCUT2D eigenvalue weighted by Crippen LogP contribution is 2.31. The smallest absolute Gasteiger partial charge is 0.416 e. The number of rotatable bonds is 4. The van der Waals surface area contributed by atoms with E-state index in [0.717, 1.165) is 24.3 Å². The summed E-state index contributed by atoms with van der Waals surface area (Å²) in [6, 6.07) is 8.75. The second kappa shape index (κ2) is 6.95. The van der Waals surface area contributed by atoms with Crippen LogP contribution in [0.5, 0.6) is 11.5 Å². The topological polar surface area (TPSA) is 76.7 Å². The molecule has 0 saturated heterocycles. The summed E-state index contributed by atoms with van der Waals surface area (Å²) in [6.45, 7) is -0.453. The number of hydrogen-bond acceptors (Lipinski definition) is 4. The van der Waals surface area contributed by atoms with E-state index in [-0.39, 0.29) is 24.9 Å². The van der Waals surface area contributed by atoms with E-state index >= 15 is 0 Å². The van der Waals surface area contributed by atoms with Crippen LogP contribution in [-0.4, -0.2) is 25.0 Å². The van der Waals surface area contributed by atoms with Gasteiger partial charge in [0.25, 0.3) is 11.8 Å². The molecule has 26 heavy (non-hydrogen) atoms. The van der Waals surface area contributed by atoms with E-state index in [1.165, 1.54) is 6.07 Å². The van der Waals surface area contributed by atoms with Crippen molar-refractivity contribution in [2.24, 2.45) is 0 Å². The van der Waals surface area contributed by atoms with Gasteiger partial charge in [0.15, 0.2) is 13.2 Å². The molecule has 1 heterocycles. The maximum absolute atomic E-state index is 12.5. The Balaban J connectivity index is 1.56. The Labute approximate surface area is 145 Å². The summed E-state index contributed by atoms with van der Waals surface area (Å²) in [5.74, 6) is -0.178. The number of anilines is 2. The molecular formula is C17H13F3N2O4. The van der Waals surface area contributed by atoms with Crippen LogP contribution in [0.2, 0.25) is 0 Å². The highest BCUT2D eigenvalue weighted by Gasteiger charge is 2.30. The molecule has 136 valence electrons. The number of benzene rings is 2. The van der Waals surface area contributed by atoms with Crippen molar-refractivity contribution < 1.29 is 32.2 Å². The van der Waals surface area contributed by atoms with Gasteiger partial charge in [0.05, 0.1) is 11.3 Å². The fourth-order valence-electron chi connectivity index (χ4n) is 2.25. The third-order valence-electron chi connectivity index (χ3n) is 3.45. The predicted molar refractivity (Wildman–Crippen MR) is 86.1 cm³/mol. The Hall–Kier alpha value is -3.23. The average molecular weight is 366 g/mol. The molecule has 3 rings (SSSR count). The number of nitrogens with one attached hydrogen (secondary N) is 2. The van der Waals surface area contributed by atoms with Gasteiger partial charge in [-0.05, 0) is 42.5 Å². The molecular weight excluding hydrogens is 353 g/mol. The molecule has 0 radical (unpaired) electrons. The van der Waals surface area contributed by atoms with Crippen LogP contribution >= 0.6 is 0 Å². The van der Waals surface area contributed by atoms with E-state index in [0.29, 0.717) is 17.1 Å². The fraction of sp³-hybridized carbons (Fsp3) is 0.176. The first-order chi connectivity index (χ1) is 12.3. The van der Waals surface area contributed by atoms with Gasteiger partial charge in [0.2, 0.25) is 0 Å². The maximum Gasteiger partial charge on any atom is 0.416 e. The summed E-state index contributed by atoms with van der Waals surface area (Å²) < 4.78 is 47.8. The normalized spacial score (nSPS) is 13.3. The zero-order valence-electron chi connectivity index (χ0n) is 13.2. The molecule has 1 aliphatic rings. The SMILES string of the molecule is O=C(COc1ccc(C(F)(F)F)cc1)Nc1ccc2c(c1)NC(=O)CO2. The molecule has 9 heteroatoms. The minimum Gasteiger partial charge on any atom is -0.484 e. The highest BCUT2D eigenvalue weighted by molar-refractivity contribution is 5.97. The van der Waals surface area contributed by atoms with Gasteiger partial charge in [0.1, 0.15) is 11.5 Å². The van der Waals surface area contributed by atoms with E-state index < -0.39 is 17.6 Å². The molecule has 6 nitrogen and oxygen atoms in total. The molecule has 0 fully saturated rings. The Morgan fingerprint density at radius 1 is 1.19 bits per heavy atom. The molecule has 2 amide bonds. The van der Waals surface area contributed by atoms with Crippen molar-refractivity contribution in [1.82, 2.24) is 0 Å². The molecule has 2 aromatic carbocycles. The van der Waals surface area contributed by atoms with Gasteiger partial charge in [-0.3, -0.25) is 9.59 Å². The van der Waals surface area contributed by atoms with Crippen molar-refractivity contribution in [2.75, 3.05) is 23.8 Å². The zero-order chi connectivity index (χ0) is 18.7. The average Bonchev–Trinajstić information content (AvgIpc) is 2.59. The first-order valence-electron chi connectivity index (χ1n) is 7.48. The molecule has 0 atom stereocenters. The number of hydrogen-bond donors (Lipinski definition) is 2. The summed E-state index contributed by atoms with van der Waals surface area (Å²) >= 11 is 0. The number of alkyl halides is 3. The molecule has 2 N–H and O–H groups in total. The first-order valence-corrected chi connectivity index (χ1v) is 7.48. The van der Waals surface area contributed by atoms with Gasteiger partial charge in [-0.2, -0.15) is 13.2 Å². The van der Waals surface area contributed by atoms with Crippen LogP contribution in [0.1, 0.15) is 5.56 Å². The van der Waals surface area contributed by atoms with Gasteiger partial charge in [-0.1, -0.05) is 0 Å². The van der Waals surface area contributed by atoms with Gasteiger partial charge in [-0.25, -0.2) is 0 Å². The Kier molecular flexibility index (Phi) is 4.70. The van der Waals surface area contributed by atoms with E-state index in [1.54, 1.807) is 12.1 Å². The van der Waals surface area contributed by atoms with Crippen molar-refractivity contribution in [3.8, 4) is 11.5 Å². The molecule has 1 aliphatic heterocycles. The van der Waals surface area contributed by atoms with Crippen LogP contribution < -0.4 is 20.1 Å². The Bertz CT molecular complexity index is 835. The van der Waals surface area contributed by atoms with Crippen molar-refractivity contribution >= 4 is 23.2 Å². The van der Waals surface area contributed by atoms with Crippen molar-refractivity contribution in [3.05, 3.63) is 48.0 Å². The monoisotopic (exact) mass is 366 g/mol. The quantitative estimate of drug-likeness (QED) is 0.872. The Morgan fingerprint density at radius 3 is 2.62 bits per heavy atom. The molecule has 0 aromatic heterocycles. The largest absolute Gasteiger partial charge is 0.484 e. The predicted octanol–water partition coefficient (Wildman–Crippen LogP) is 3.05. The zero-order valence-corrected chi connectivity index (χ0v) is 13.2. The number of carbonyl (C=O) groups is 2. The summed E-state index contributed by atoms with van der Waals surface area (Å²) in [7, 11) is 0. The number of amides is 2. The number of carbonyl (C=O) groups excluding carboxylic acids is 2. The van der Waals surface area contributed by atoms with Gasteiger partial charge in [-0.15, -0.1) is 0 Å². The van der Waals surface area contributed by atoms with Crippen molar-refractivity contribution in [1.29, 1.82) is 0 Å². The maximum atomic E-state index is 12.5. The summed E-state index contributed by atoms with van der Waals surface area (Å²) in [5, 5.41) is 5.17. The van der Waals surface area contributed by atoms with E-state index in [2.05, 4.69) is 10.6 Å². The standard InChI is InChI=1S/C17H13F3N2O4/c18-17(19,20)10-1-4-12(5-2-10)25-8-15(23)21-11-3-6-14-13(7-11)22-16(24)9-26-14/h1-7H,8-9H2,(H,21,23)(H,22,24). The van der Waals surface area contributed by atoms with Crippen LogP contribution in [0.15, 0.2) is 42.5 Å². The molecule has 0 saturated carbocycles. The third kappa shape index (κ3) is 4.24. The molecule has 0 aliphatic carbocycles. The Morgan fingerprint density at radius 2 is 1.92 bits per heavy atom. The first kappa shape index (κ1) is 17.6. The summed E-state index contributed by atoms with van der Waals surface area (Å²) in [4.78, 5) is 23.2. The fourth-order valence-corrected chi connectivity index (χ4v) is 2.25. The van der Waals surface area contributed by atoms with Crippen molar-refractivity contribution in [3.63, 3.8) is 0 Å². The lowest BCUT2D eigenvalue weighted by atomic mass is 10.2. The summed E-state index contributed by atoms with van der Waals surface area (Å²) in [6.07, 6.45) is -4.43. The molecule has 0 spiro atoms. The van der Waals surface area contributed by atoms with E-state index in [9.17, 15) is 22.8 Å². The van der Waals surface area contributed by atoms with Gasteiger partial charge >= 0.3 is 6.18 Å². The third-order valence-corrected chi connectivity index (χ3v) is 3.45. The number of fused-ring (bicyclic) bond motifs is 1. The molecule has 2 aromatic rings. The summed E-state index contributed by atoms with van der Waals surface area (Å²) in [5.41, 5.74) is 0.0471. The van der Waals surface area contributed by atoms with E-state index in [4.69, 9.17) is 9.47 Å². The van der Waals surface area contributed by atoms with Crippen LogP contribution in [0.3, 0.4) is 0 Å². The lowest BCUT2D eigenvalue weighted by molar-refractivity contribution is -0.137. The second-order valence-electron chi connectivity index (χ2n) is 5.41. The van der Waals surface area contributed by atoms with Gasteiger partial charge < -0.3 is 20.1 Å². The highest BCUT2D eigenvalue weighted by atomic mass is 19.4. The molecule has 0 bridgehead atoms. The van der Waals surface area contributed by atoms with Crippen LogP contribution in [0.25, 0.3) is 0 Å². The minimum absolute atomic E-state index is 0.0698. The van der Waals surface area contributed by atoms with Crippen LogP contribution in [-0.2, 0) is 15.8 Å². The number of halogens is 3. The number of ether oxygens (including phenoxy) is 2. The van der Waals surface area contributed by atoms with E-state index in [1.807, 2.05) is 0 Å². The van der Waals surface area contributed by atoms with Crippen LogP contribution in [0.4, 0.5) is 24.5 Å². The minimum atomic E-state index is -4.43.